The van der Waals surface area contributed by atoms with Crippen molar-refractivity contribution >= 4 is 0 Å². The van der Waals surface area contributed by atoms with Crippen molar-refractivity contribution in [1.82, 2.24) is 0 Å². The molecule has 0 aliphatic heterocycles. The predicted molar refractivity (Wildman–Crippen MR) is 43.1 cm³/mol. The minimum absolute atomic E-state index is 0.00463. The Labute approximate surface area is 67.7 Å². The molecule has 0 amide bonds. The van der Waals surface area contributed by atoms with E-state index in [1.54, 1.807) is 0 Å². The molecule has 0 radical (unpaired) electrons. The van der Waals surface area contributed by atoms with Crippen LogP contribution < -0.4 is 0 Å². The average molecular weight is 162 g/mol. The van der Waals surface area contributed by atoms with Crippen LogP contribution in [0.15, 0.2) is 0 Å². The smallest absolute Gasteiger partial charge is 0.0484 e. The summed E-state index contributed by atoms with van der Waals surface area (Å²) in [4.78, 5) is 0. The van der Waals surface area contributed by atoms with E-state index in [0.29, 0.717) is 5.92 Å². The van der Waals surface area contributed by atoms with E-state index in [-0.39, 0.29) is 31.7 Å². The van der Waals surface area contributed by atoms with Crippen LogP contribution in [-0.2, 0) is 0 Å². The third-order valence-corrected chi connectivity index (χ3v) is 2.14. The maximum Gasteiger partial charge on any atom is 0.0484 e. The Bertz CT molecular complexity index is 89.3. The van der Waals surface area contributed by atoms with Crippen LogP contribution >= 0.6 is 0 Å². The maximum absolute atomic E-state index is 8.91. The summed E-state index contributed by atoms with van der Waals surface area (Å²) in [6.45, 7) is 3.86. The fourth-order valence-electron chi connectivity index (χ4n) is 1.23. The summed E-state index contributed by atoms with van der Waals surface area (Å²) in [6.07, 6.45) is 0. The molecule has 68 valence electrons. The minimum atomic E-state index is -0.181. The van der Waals surface area contributed by atoms with Gasteiger partial charge < -0.3 is 15.3 Å². The van der Waals surface area contributed by atoms with Crippen LogP contribution in [0.2, 0.25) is 0 Å². The summed E-state index contributed by atoms with van der Waals surface area (Å²) in [7, 11) is 0. The zero-order valence-corrected chi connectivity index (χ0v) is 7.20. The van der Waals surface area contributed by atoms with Gasteiger partial charge in [-0.2, -0.15) is 0 Å². The lowest BCUT2D eigenvalue weighted by Crippen LogP contribution is -2.29. The highest BCUT2D eigenvalue weighted by Gasteiger charge is 2.22. The van der Waals surface area contributed by atoms with E-state index < -0.39 is 0 Å². The highest BCUT2D eigenvalue weighted by molar-refractivity contribution is 4.70. The van der Waals surface area contributed by atoms with Crippen LogP contribution in [0, 0.1) is 17.8 Å². The molecule has 0 aromatic heterocycles. The fraction of sp³-hybridized carbons (Fsp3) is 1.00. The van der Waals surface area contributed by atoms with Gasteiger partial charge in [-0.3, -0.25) is 0 Å². The van der Waals surface area contributed by atoms with Gasteiger partial charge in [0.2, 0.25) is 0 Å². The molecule has 3 N–H and O–H groups in total. The zero-order chi connectivity index (χ0) is 8.85. The van der Waals surface area contributed by atoms with Gasteiger partial charge in [-0.15, -0.1) is 0 Å². The van der Waals surface area contributed by atoms with Gasteiger partial charge in [0.15, 0.2) is 0 Å². The van der Waals surface area contributed by atoms with E-state index in [4.69, 9.17) is 15.3 Å². The molecule has 3 nitrogen and oxygen atoms in total. The Morgan fingerprint density at radius 1 is 0.909 bits per heavy atom. The van der Waals surface area contributed by atoms with Crippen LogP contribution in [0.25, 0.3) is 0 Å². The highest BCUT2D eigenvalue weighted by atomic mass is 16.3. The summed E-state index contributed by atoms with van der Waals surface area (Å²) in [5.74, 6) is 0.120. The summed E-state index contributed by atoms with van der Waals surface area (Å²) < 4.78 is 0. The van der Waals surface area contributed by atoms with Gasteiger partial charge >= 0.3 is 0 Å². The second-order valence-corrected chi connectivity index (χ2v) is 3.22. The topological polar surface area (TPSA) is 60.7 Å². The largest absolute Gasteiger partial charge is 0.396 e. The van der Waals surface area contributed by atoms with E-state index in [0.717, 1.165) is 0 Å². The Hall–Kier alpha value is -0.120. The van der Waals surface area contributed by atoms with Crippen LogP contribution in [0.3, 0.4) is 0 Å². The van der Waals surface area contributed by atoms with E-state index in [1.807, 2.05) is 13.8 Å². The van der Waals surface area contributed by atoms with Gasteiger partial charge in [-0.25, -0.2) is 0 Å². The first-order valence-corrected chi connectivity index (χ1v) is 3.99. The fourth-order valence-corrected chi connectivity index (χ4v) is 1.23. The first-order chi connectivity index (χ1) is 5.17. The lowest BCUT2D eigenvalue weighted by molar-refractivity contribution is 0.0509. The molecule has 0 aromatic carbocycles. The molecule has 11 heavy (non-hydrogen) atoms. The maximum atomic E-state index is 8.91. The van der Waals surface area contributed by atoms with Crippen molar-refractivity contribution < 1.29 is 15.3 Å². The standard InChI is InChI=1S/C8H18O3/c1-6(2)8(5-11)7(3-9)4-10/h6-11H,3-5H2,1-2H3. The summed E-state index contributed by atoms with van der Waals surface area (Å²) in [6, 6.07) is 0. The number of aliphatic hydroxyl groups is 3. The molecule has 0 aliphatic rings. The Balaban J connectivity index is 3.98. The molecule has 0 saturated heterocycles. The molecule has 0 aromatic rings. The second kappa shape index (κ2) is 5.52. The lowest BCUT2D eigenvalue weighted by atomic mass is 9.85. The van der Waals surface area contributed by atoms with Gasteiger partial charge in [0.1, 0.15) is 0 Å². The third-order valence-electron chi connectivity index (χ3n) is 2.14. The molecule has 0 bridgehead atoms. The monoisotopic (exact) mass is 162 g/mol. The van der Waals surface area contributed by atoms with Crippen LogP contribution in [0.1, 0.15) is 13.8 Å². The lowest BCUT2D eigenvalue weighted by Gasteiger charge is -2.25. The SMILES string of the molecule is CC(C)C(CO)C(CO)CO. The summed E-state index contributed by atoms with van der Waals surface area (Å²) in [5, 5.41) is 26.5. The zero-order valence-electron chi connectivity index (χ0n) is 7.20. The number of aliphatic hydroxyl groups excluding tert-OH is 3. The van der Waals surface area contributed by atoms with Crippen LogP contribution in [-0.4, -0.2) is 35.1 Å². The summed E-state index contributed by atoms with van der Waals surface area (Å²) >= 11 is 0. The first kappa shape index (κ1) is 10.9. The highest BCUT2D eigenvalue weighted by Crippen LogP contribution is 2.19. The number of rotatable bonds is 5. The second-order valence-electron chi connectivity index (χ2n) is 3.22. The van der Waals surface area contributed by atoms with Crippen molar-refractivity contribution in [3.63, 3.8) is 0 Å². The molecule has 0 spiro atoms. The van der Waals surface area contributed by atoms with Crippen LogP contribution in [0.5, 0.6) is 0 Å². The third kappa shape index (κ3) is 3.18. The van der Waals surface area contributed by atoms with Crippen molar-refractivity contribution in [2.45, 2.75) is 13.8 Å². The Morgan fingerprint density at radius 2 is 1.36 bits per heavy atom. The summed E-state index contributed by atoms with van der Waals surface area (Å²) in [5.41, 5.74) is 0. The Kier molecular flexibility index (Phi) is 5.46. The predicted octanol–water partition coefficient (Wildman–Crippen LogP) is -0.148. The van der Waals surface area contributed by atoms with Gasteiger partial charge in [-0.05, 0) is 11.8 Å². The van der Waals surface area contributed by atoms with Crippen molar-refractivity contribution in [2.75, 3.05) is 19.8 Å². The van der Waals surface area contributed by atoms with Gasteiger partial charge in [-0.1, -0.05) is 13.8 Å². The number of hydrogen-bond acceptors (Lipinski definition) is 3. The molecule has 0 heterocycles. The van der Waals surface area contributed by atoms with Crippen molar-refractivity contribution in [2.24, 2.45) is 17.8 Å². The average Bonchev–Trinajstić information content (AvgIpc) is 1.99. The Morgan fingerprint density at radius 3 is 1.45 bits per heavy atom. The van der Waals surface area contributed by atoms with E-state index in [1.165, 1.54) is 0 Å². The van der Waals surface area contributed by atoms with Crippen molar-refractivity contribution in [1.29, 1.82) is 0 Å². The van der Waals surface area contributed by atoms with Gasteiger partial charge in [0.25, 0.3) is 0 Å². The van der Waals surface area contributed by atoms with E-state index in [9.17, 15) is 0 Å². The molecule has 0 aliphatic carbocycles. The quantitative estimate of drug-likeness (QED) is 0.527. The first-order valence-electron chi connectivity index (χ1n) is 3.99. The van der Waals surface area contributed by atoms with Gasteiger partial charge in [0, 0.05) is 25.7 Å². The molecular weight excluding hydrogens is 144 g/mol. The number of hydrogen-bond donors (Lipinski definition) is 3. The van der Waals surface area contributed by atoms with Crippen LogP contribution in [0.4, 0.5) is 0 Å². The van der Waals surface area contributed by atoms with E-state index >= 15 is 0 Å². The van der Waals surface area contributed by atoms with Crippen molar-refractivity contribution in [3.05, 3.63) is 0 Å². The molecule has 1 atom stereocenters. The molecule has 3 heteroatoms. The molecular formula is C8H18O3. The van der Waals surface area contributed by atoms with E-state index in [2.05, 4.69) is 0 Å². The van der Waals surface area contributed by atoms with Gasteiger partial charge in [0.05, 0.1) is 0 Å². The minimum Gasteiger partial charge on any atom is -0.396 e. The molecule has 1 unspecified atom stereocenters. The molecule has 0 fully saturated rings. The molecule has 0 rings (SSSR count). The molecule has 0 saturated carbocycles. The normalized spacial score (nSPS) is 14.5. The van der Waals surface area contributed by atoms with Crippen molar-refractivity contribution in [3.8, 4) is 0 Å².